The molecule has 2 N–H and O–H groups in total. The van der Waals surface area contributed by atoms with Crippen molar-refractivity contribution >= 4 is 123 Å². The quantitative estimate of drug-likeness (QED) is 0.0982. The average molecular weight is 1130 g/mol. The van der Waals surface area contributed by atoms with Crippen LogP contribution in [0.4, 0.5) is 0 Å². The van der Waals surface area contributed by atoms with Crippen LogP contribution in [-0.4, -0.2) is 27.8 Å². The van der Waals surface area contributed by atoms with Gasteiger partial charge in [0.25, 0.3) is 10.0 Å². The molecule has 4 heterocycles. The summed E-state index contributed by atoms with van der Waals surface area (Å²) in [7, 11) is 6.27. The number of aromatic nitrogens is 4. The van der Waals surface area contributed by atoms with Crippen LogP contribution in [0, 0.1) is 19.8 Å². The van der Waals surface area contributed by atoms with Crippen LogP contribution >= 0.6 is 45.3 Å². The minimum absolute atomic E-state index is 0. The molecule has 0 spiro atoms. The molecule has 0 saturated heterocycles. The molecule has 11 rings (SSSR count). The maximum Gasteiger partial charge on any atom is 0.262 e. The van der Waals surface area contributed by atoms with Crippen LogP contribution in [0.15, 0.2) is 133 Å². The number of carbonyl (C=O) groups is 2. The number of rotatable bonds is 6. The van der Waals surface area contributed by atoms with Crippen LogP contribution in [0.25, 0.3) is 65.2 Å². The highest BCUT2D eigenvalue weighted by Crippen LogP contribution is 2.27. The summed E-state index contributed by atoms with van der Waals surface area (Å²) in [6.45, 7) is 3.61. The summed E-state index contributed by atoms with van der Waals surface area (Å²) in [5.41, 5.74) is 7.26. The van der Waals surface area contributed by atoms with Gasteiger partial charge in [-0.25, -0.2) is 4.98 Å². The summed E-state index contributed by atoms with van der Waals surface area (Å²) in [5, 5.41) is 24.2. The Labute approximate surface area is 452 Å². The van der Waals surface area contributed by atoms with Crippen LogP contribution in [0.5, 0.6) is 11.5 Å². The molecule has 4 aromatic heterocycles. The third kappa shape index (κ3) is 14.6. The Bertz CT molecular complexity index is 3470. The molecule has 0 bridgehead atoms. The lowest BCUT2D eigenvalue weighted by atomic mass is 9.91. The molecule has 10 aromatic rings. The molecule has 1 aliphatic carbocycles. The summed E-state index contributed by atoms with van der Waals surface area (Å²) >= 11 is 7.10. The van der Waals surface area contributed by atoms with Crippen LogP contribution in [0.1, 0.15) is 93.6 Å². The molecule has 0 amide bonds. The number of halogens is 1. The van der Waals surface area contributed by atoms with Crippen molar-refractivity contribution in [2.24, 2.45) is 27.1 Å². The van der Waals surface area contributed by atoms with Crippen LogP contribution in [0.2, 0.25) is 0 Å². The Kier molecular flexibility index (Phi) is 19.2. The molecule has 1 atom stereocenters. The van der Waals surface area contributed by atoms with Crippen LogP contribution in [-0.2, 0) is 21.1 Å². The van der Waals surface area contributed by atoms with E-state index in [-0.39, 0.29) is 41.0 Å². The van der Waals surface area contributed by atoms with Crippen molar-refractivity contribution in [1.82, 2.24) is 4.98 Å². The number of phenols is 2. The van der Waals surface area contributed by atoms with Gasteiger partial charge in [-0.15, -0.1) is 11.3 Å². The van der Waals surface area contributed by atoms with Crippen LogP contribution in [0.3, 0.4) is 0 Å². The van der Waals surface area contributed by atoms with E-state index in [0.29, 0.717) is 24.1 Å². The van der Waals surface area contributed by atoms with Crippen molar-refractivity contribution in [2.45, 2.75) is 52.8 Å². The fourth-order valence-electron chi connectivity index (χ4n) is 7.75. The highest BCUT2D eigenvalue weighted by Gasteiger charge is 2.16. The lowest BCUT2D eigenvalue weighted by molar-refractivity contribution is -0.646. The van der Waals surface area contributed by atoms with Crippen molar-refractivity contribution in [3.63, 3.8) is 0 Å². The molecular weight excluding hydrogens is 1070 g/mol. The van der Waals surface area contributed by atoms with Crippen molar-refractivity contribution < 1.29 is 60.2 Å². The van der Waals surface area contributed by atoms with Crippen molar-refractivity contribution in [2.75, 3.05) is 0 Å². The van der Waals surface area contributed by atoms with E-state index >= 15 is 0 Å². The van der Waals surface area contributed by atoms with Crippen LogP contribution < -0.4 is 37.7 Å². The molecule has 364 valence electrons. The Morgan fingerprint density at radius 1 is 0.577 bits per heavy atom. The normalized spacial score (nSPS) is 13.1. The second-order valence-corrected chi connectivity index (χ2v) is 21.3. The average Bonchev–Trinajstić information content (AvgIpc) is 4.14. The monoisotopic (exact) mass is 1130 g/mol. The van der Waals surface area contributed by atoms with E-state index in [2.05, 4.69) is 144 Å². The van der Waals surface area contributed by atoms with Gasteiger partial charge in [0.1, 0.15) is 53.0 Å². The number of para-hydroxylation sites is 4. The number of aldehydes is 2. The van der Waals surface area contributed by atoms with Gasteiger partial charge >= 0.3 is 0 Å². The van der Waals surface area contributed by atoms with Gasteiger partial charge in [0.2, 0.25) is 21.6 Å². The summed E-state index contributed by atoms with van der Waals surface area (Å²) < 4.78 is 26.1. The summed E-state index contributed by atoms with van der Waals surface area (Å²) in [5.74, 6) is 0.564. The molecule has 1 saturated carbocycles. The third-order valence-corrected chi connectivity index (χ3v) is 16.2. The number of benzene rings is 6. The molecule has 1 aliphatic rings. The predicted octanol–water partition coefficient (Wildman–Crippen LogP) is 11.1. The fourth-order valence-corrected chi connectivity index (χ4v) is 11.7. The first-order valence-electron chi connectivity index (χ1n) is 24.2. The lowest BCUT2D eigenvalue weighted by Gasteiger charge is -2.15. The van der Waals surface area contributed by atoms with Gasteiger partial charge in [0.15, 0.2) is 6.29 Å². The number of hydrogen-bond donors (Lipinski definition) is 2. The number of fused-ring (bicyclic) bond motifs is 4. The standard InChI is InChI=1S/C26H21N2OS2.C9H10NS.C8H7NS.C8H6O3.C7H14.HI/c1-27-20-7-3-5-9-23(20)30-25(27)15-12-18-11-14-22(29)19(17-18)13-16-26-28(2)21-8-4-6-10-24(21)31-26;1-7-10(2)8-5-3-4-6-9(8)11-7;1-6-9-7-4-2-3-5-8(7)10-6;9-4-6-1-2-8(11)7(3-6)5-10;1-7-5-3-2-4-6-7;/h3-17H,1-2H3;3-6H,1-2H3;2-5H,1H3;1-5,11H;7H,2-6H2,1H3;1H/q2*+1;;;;/i;;;;1TD;. The predicted molar refractivity (Wildman–Crippen MR) is 295 cm³/mol. The third-order valence-electron chi connectivity index (χ3n) is 11.7. The Hall–Kier alpha value is -5.97. The minimum Gasteiger partial charge on any atom is -1.00 e. The van der Waals surface area contributed by atoms with Crippen molar-refractivity contribution in [3.05, 3.63) is 176 Å². The molecule has 0 radical (unpaired) electrons. The van der Waals surface area contributed by atoms with E-state index in [9.17, 15) is 14.7 Å². The van der Waals surface area contributed by atoms with Gasteiger partial charge < -0.3 is 34.2 Å². The lowest BCUT2D eigenvalue weighted by Crippen LogP contribution is -3.00. The van der Waals surface area contributed by atoms with Gasteiger partial charge in [0.05, 0.1) is 20.8 Å². The number of aryl methyl sites for hydroxylation is 5. The summed E-state index contributed by atoms with van der Waals surface area (Å²) in [6.07, 6.45) is 15.5. The number of nitrogens with zero attached hydrogens (tertiary/aromatic N) is 4. The highest BCUT2D eigenvalue weighted by atomic mass is 127. The maximum absolute atomic E-state index is 10.4. The second-order valence-electron chi connectivity index (χ2n) is 16.7. The number of aromatic hydroxyl groups is 2. The Morgan fingerprint density at radius 2 is 1.07 bits per heavy atom. The molecular formula is C58H59IN4O4S4+2. The Morgan fingerprint density at radius 3 is 1.59 bits per heavy atom. The van der Waals surface area contributed by atoms with E-state index in [1.165, 1.54) is 82.8 Å². The molecule has 13 heteroatoms. The van der Waals surface area contributed by atoms with Gasteiger partial charge in [-0.3, -0.25) is 9.59 Å². The van der Waals surface area contributed by atoms with E-state index in [4.69, 9.17) is 7.85 Å². The minimum atomic E-state index is -0.565. The van der Waals surface area contributed by atoms with Gasteiger partial charge in [0, 0.05) is 51.1 Å². The van der Waals surface area contributed by atoms with Gasteiger partial charge in [-0.2, -0.15) is 13.7 Å². The second kappa shape index (κ2) is 26.5. The fraction of sp³-hybridized carbons (Fsp3) is 0.207. The number of hydrogen-bond acceptors (Lipinski definition) is 9. The molecule has 0 aliphatic heterocycles. The van der Waals surface area contributed by atoms with Gasteiger partial charge in [-0.05, 0) is 91.2 Å². The molecule has 1 unspecified atom stereocenters. The van der Waals surface area contributed by atoms with E-state index < -0.39 is 6.88 Å². The molecule has 6 aromatic carbocycles. The SMILES string of the molecule is C[n+]1c(/C=C/c2ccc(O)c(/C=C/c3sc4ccccc4[n+]3C)c2)sc2ccccc21.Cc1nc2ccccc2s1.Cc1sc2ccccc2[n+]1C.O=Cc1ccc(O)c(C=O)c1.[2H]C([3H])C1CCCCC1.[I-]. The topological polar surface area (TPSA) is 99.1 Å². The zero-order valence-corrected chi connectivity index (χ0v) is 45.8. The molecule has 71 heavy (non-hydrogen) atoms. The van der Waals surface area contributed by atoms with E-state index in [0.717, 1.165) is 39.5 Å². The zero-order valence-electron chi connectivity index (χ0n) is 42.4. The van der Waals surface area contributed by atoms with E-state index in [1.807, 2.05) is 54.7 Å². The first-order valence-corrected chi connectivity index (χ1v) is 26.3. The number of carbonyl (C=O) groups excluding carboxylic acids is 2. The number of phenolic OH excluding ortho intramolecular Hbond substituents is 2. The number of thiazole rings is 4. The molecule has 8 nitrogen and oxygen atoms in total. The highest BCUT2D eigenvalue weighted by molar-refractivity contribution is 7.19. The first-order chi connectivity index (χ1) is 34.8. The largest absolute Gasteiger partial charge is 1.00 e. The maximum atomic E-state index is 10.4. The summed E-state index contributed by atoms with van der Waals surface area (Å²) in [4.78, 5) is 24.7. The van der Waals surface area contributed by atoms with Crippen molar-refractivity contribution in [3.8, 4) is 11.5 Å². The van der Waals surface area contributed by atoms with E-state index in [1.54, 1.807) is 40.1 Å². The zero-order chi connectivity index (χ0) is 51.1. The van der Waals surface area contributed by atoms with Gasteiger partial charge in [-0.1, -0.05) is 128 Å². The Balaban J connectivity index is 0.000000169. The first kappa shape index (κ1) is 51.4. The van der Waals surface area contributed by atoms with Crippen molar-refractivity contribution in [1.29, 1.82) is 0 Å². The molecule has 1 fully saturated rings. The summed E-state index contributed by atoms with van der Waals surface area (Å²) in [6, 6.07) is 43.3. The smallest absolute Gasteiger partial charge is 0.262 e.